The number of carbonyl (C=O) groups excluding carboxylic acids is 1. The molecule has 0 spiro atoms. The van der Waals surface area contributed by atoms with Gasteiger partial charge in [0, 0.05) is 13.7 Å². The van der Waals surface area contributed by atoms with Crippen LogP contribution in [0.25, 0.3) is 0 Å². The van der Waals surface area contributed by atoms with Crippen LogP contribution in [0.2, 0.25) is 0 Å². The summed E-state index contributed by atoms with van der Waals surface area (Å²) >= 11 is 0. The number of ether oxygens (including phenoxy) is 1. The lowest BCUT2D eigenvalue weighted by Gasteiger charge is -2.22. The number of hydrogen-bond acceptors (Lipinski definition) is 3. The van der Waals surface area contributed by atoms with Gasteiger partial charge in [0.15, 0.2) is 0 Å². The largest absolute Gasteiger partial charge is 0.389 e. The van der Waals surface area contributed by atoms with Gasteiger partial charge in [0.25, 0.3) is 0 Å². The van der Waals surface area contributed by atoms with E-state index in [-0.39, 0.29) is 24.2 Å². The molecule has 1 atom stereocenters. The third kappa shape index (κ3) is 4.51. The molecule has 1 aromatic rings. The molecule has 21 heavy (non-hydrogen) atoms. The molecule has 4 nitrogen and oxygen atoms in total. The summed E-state index contributed by atoms with van der Waals surface area (Å²) in [5, 5.41) is 13.0. The van der Waals surface area contributed by atoms with E-state index in [1.807, 2.05) is 0 Å². The van der Waals surface area contributed by atoms with Crippen molar-refractivity contribution in [1.82, 2.24) is 5.32 Å². The van der Waals surface area contributed by atoms with E-state index < -0.39 is 5.60 Å². The van der Waals surface area contributed by atoms with E-state index in [9.17, 15) is 14.3 Å². The first kappa shape index (κ1) is 15.9. The van der Waals surface area contributed by atoms with Gasteiger partial charge in [-0.3, -0.25) is 4.79 Å². The zero-order valence-corrected chi connectivity index (χ0v) is 12.3. The molecule has 1 unspecified atom stereocenters. The number of hydrogen-bond donors (Lipinski definition) is 2. The van der Waals surface area contributed by atoms with Gasteiger partial charge in [-0.25, -0.2) is 4.39 Å². The average molecular weight is 295 g/mol. The number of aliphatic hydroxyl groups is 1. The number of halogens is 1. The van der Waals surface area contributed by atoms with Crippen molar-refractivity contribution in [2.45, 2.75) is 43.8 Å². The van der Waals surface area contributed by atoms with Crippen LogP contribution in [0.15, 0.2) is 24.3 Å². The summed E-state index contributed by atoms with van der Waals surface area (Å²) in [6, 6.07) is 6.01. The Morgan fingerprint density at radius 1 is 1.38 bits per heavy atom. The van der Waals surface area contributed by atoms with Crippen molar-refractivity contribution < 1.29 is 19.0 Å². The fourth-order valence-electron chi connectivity index (χ4n) is 2.79. The first-order valence-corrected chi connectivity index (χ1v) is 7.30. The van der Waals surface area contributed by atoms with E-state index in [4.69, 9.17) is 4.74 Å². The van der Waals surface area contributed by atoms with Crippen LogP contribution in [0.5, 0.6) is 0 Å². The molecule has 1 aromatic carbocycles. The first-order valence-electron chi connectivity index (χ1n) is 7.30. The molecule has 0 aromatic heterocycles. The van der Waals surface area contributed by atoms with E-state index >= 15 is 0 Å². The van der Waals surface area contributed by atoms with Crippen LogP contribution in [0.1, 0.15) is 43.8 Å². The van der Waals surface area contributed by atoms with Gasteiger partial charge in [-0.05, 0) is 30.5 Å². The predicted octanol–water partition coefficient (Wildman–Crippen LogP) is 2.32. The molecule has 5 heteroatoms. The Bertz CT molecular complexity index is 469. The highest BCUT2D eigenvalue weighted by atomic mass is 19.1. The monoisotopic (exact) mass is 295 g/mol. The van der Waals surface area contributed by atoms with E-state index in [2.05, 4.69) is 5.32 Å². The topological polar surface area (TPSA) is 58.6 Å². The van der Waals surface area contributed by atoms with Gasteiger partial charge >= 0.3 is 0 Å². The number of benzene rings is 1. The lowest BCUT2D eigenvalue weighted by atomic mass is 9.97. The molecule has 1 saturated carbocycles. The van der Waals surface area contributed by atoms with Crippen LogP contribution in [0, 0.1) is 5.82 Å². The van der Waals surface area contributed by atoms with E-state index in [0.717, 1.165) is 18.4 Å². The number of carbonyl (C=O) groups is 1. The van der Waals surface area contributed by atoms with Crippen molar-refractivity contribution in [2.75, 3.05) is 13.7 Å². The maximum Gasteiger partial charge on any atom is 0.222 e. The van der Waals surface area contributed by atoms with Gasteiger partial charge in [-0.15, -0.1) is 0 Å². The molecular weight excluding hydrogens is 273 g/mol. The highest BCUT2D eigenvalue weighted by Gasteiger charge is 2.33. The van der Waals surface area contributed by atoms with Crippen molar-refractivity contribution in [3.8, 4) is 0 Å². The third-order valence-electron chi connectivity index (χ3n) is 4.03. The SMILES string of the molecule is COC(CNC(=O)CC1(O)CCCC1)c1ccc(F)cc1. The quantitative estimate of drug-likeness (QED) is 0.847. The molecule has 1 aliphatic rings. The van der Waals surface area contributed by atoms with Crippen molar-refractivity contribution in [2.24, 2.45) is 0 Å². The zero-order valence-electron chi connectivity index (χ0n) is 12.3. The Balaban J connectivity index is 1.85. The minimum atomic E-state index is -0.845. The number of methoxy groups -OCH3 is 1. The Morgan fingerprint density at radius 2 is 2.00 bits per heavy atom. The molecule has 2 rings (SSSR count). The summed E-state index contributed by atoms with van der Waals surface area (Å²) in [5.74, 6) is -0.482. The first-order chi connectivity index (χ1) is 10.0. The highest BCUT2D eigenvalue weighted by Crippen LogP contribution is 2.32. The molecule has 1 aliphatic carbocycles. The van der Waals surface area contributed by atoms with Gasteiger partial charge in [-0.1, -0.05) is 25.0 Å². The third-order valence-corrected chi connectivity index (χ3v) is 4.03. The van der Waals surface area contributed by atoms with Crippen LogP contribution >= 0.6 is 0 Å². The lowest BCUT2D eigenvalue weighted by Crippen LogP contribution is -2.36. The summed E-state index contributed by atoms with van der Waals surface area (Å²) in [4.78, 5) is 11.9. The van der Waals surface area contributed by atoms with Crippen LogP contribution in [-0.4, -0.2) is 30.3 Å². The molecule has 0 aliphatic heterocycles. The molecule has 0 radical (unpaired) electrons. The zero-order chi connectivity index (χ0) is 15.3. The number of rotatable bonds is 6. The van der Waals surface area contributed by atoms with Crippen LogP contribution < -0.4 is 5.32 Å². The van der Waals surface area contributed by atoms with Gasteiger partial charge in [-0.2, -0.15) is 0 Å². The maximum absolute atomic E-state index is 12.9. The highest BCUT2D eigenvalue weighted by molar-refractivity contribution is 5.77. The van der Waals surface area contributed by atoms with Gasteiger partial charge in [0.1, 0.15) is 5.82 Å². The van der Waals surface area contributed by atoms with Crippen molar-refractivity contribution in [3.63, 3.8) is 0 Å². The molecule has 0 saturated heterocycles. The minimum absolute atomic E-state index is 0.132. The molecule has 2 N–H and O–H groups in total. The molecule has 0 heterocycles. The van der Waals surface area contributed by atoms with E-state index in [1.165, 1.54) is 12.1 Å². The fraction of sp³-hybridized carbons (Fsp3) is 0.562. The minimum Gasteiger partial charge on any atom is -0.389 e. The maximum atomic E-state index is 12.9. The molecular formula is C16H22FNO3. The molecule has 116 valence electrons. The summed E-state index contributed by atoms with van der Waals surface area (Å²) < 4.78 is 18.2. The Labute approximate surface area is 124 Å². The summed E-state index contributed by atoms with van der Waals surface area (Å²) in [6.45, 7) is 0.303. The van der Waals surface area contributed by atoms with Gasteiger partial charge < -0.3 is 15.2 Å². The second-order valence-corrected chi connectivity index (χ2v) is 5.69. The van der Waals surface area contributed by atoms with E-state index in [1.54, 1.807) is 19.2 Å². The van der Waals surface area contributed by atoms with Crippen LogP contribution in [0.3, 0.4) is 0 Å². The molecule has 0 bridgehead atoms. The predicted molar refractivity (Wildman–Crippen MR) is 77.2 cm³/mol. The van der Waals surface area contributed by atoms with Crippen molar-refractivity contribution in [1.29, 1.82) is 0 Å². The lowest BCUT2D eigenvalue weighted by molar-refractivity contribution is -0.126. The summed E-state index contributed by atoms with van der Waals surface area (Å²) in [6.07, 6.45) is 3.12. The number of amides is 1. The summed E-state index contributed by atoms with van der Waals surface area (Å²) in [7, 11) is 1.55. The Hall–Kier alpha value is -1.46. The van der Waals surface area contributed by atoms with E-state index in [0.29, 0.717) is 19.4 Å². The normalized spacial score (nSPS) is 18.4. The van der Waals surface area contributed by atoms with Crippen molar-refractivity contribution >= 4 is 5.91 Å². The summed E-state index contributed by atoms with van der Waals surface area (Å²) in [5.41, 5.74) is -0.0403. The van der Waals surface area contributed by atoms with Crippen LogP contribution in [0.4, 0.5) is 4.39 Å². The van der Waals surface area contributed by atoms with Gasteiger partial charge in [0.2, 0.25) is 5.91 Å². The number of nitrogens with one attached hydrogen (secondary N) is 1. The molecule has 1 amide bonds. The standard InChI is InChI=1S/C16H22FNO3/c1-21-14(12-4-6-13(17)7-5-12)11-18-15(19)10-16(20)8-2-3-9-16/h4-7,14,20H,2-3,8-11H2,1H3,(H,18,19). The van der Waals surface area contributed by atoms with Gasteiger partial charge in [0.05, 0.1) is 18.1 Å². The molecule has 1 fully saturated rings. The van der Waals surface area contributed by atoms with Crippen molar-refractivity contribution in [3.05, 3.63) is 35.6 Å². The fourth-order valence-corrected chi connectivity index (χ4v) is 2.79. The van der Waals surface area contributed by atoms with Crippen LogP contribution in [-0.2, 0) is 9.53 Å². The Kier molecular flexibility index (Phi) is 5.31. The second-order valence-electron chi connectivity index (χ2n) is 5.69. The Morgan fingerprint density at radius 3 is 2.57 bits per heavy atom. The average Bonchev–Trinajstić information content (AvgIpc) is 2.87. The smallest absolute Gasteiger partial charge is 0.222 e. The second kappa shape index (κ2) is 7.00.